The van der Waals surface area contributed by atoms with Gasteiger partial charge in [0, 0.05) is 7.05 Å². The van der Waals surface area contributed by atoms with Gasteiger partial charge in [-0.2, -0.15) is 0 Å². The third kappa shape index (κ3) is 2.82. The highest BCUT2D eigenvalue weighted by atomic mass is 19.1. The van der Waals surface area contributed by atoms with Gasteiger partial charge in [-0.05, 0) is 19.1 Å². The van der Waals surface area contributed by atoms with E-state index in [9.17, 15) is 19.1 Å². The number of halogens is 1. The van der Waals surface area contributed by atoms with E-state index in [0.29, 0.717) is 0 Å². The third-order valence-corrected chi connectivity index (χ3v) is 3.76. The van der Waals surface area contributed by atoms with Crippen molar-refractivity contribution >= 4 is 17.7 Å². The van der Waals surface area contributed by atoms with Gasteiger partial charge in [0.1, 0.15) is 11.2 Å². The number of hydrogen-bond acceptors (Lipinski definition) is 3. The molecular formula is C14H17FN2O4. The Kier molecular flexibility index (Phi) is 4.13. The zero-order valence-corrected chi connectivity index (χ0v) is 11.8. The van der Waals surface area contributed by atoms with E-state index in [0.717, 1.165) is 4.90 Å². The maximum Gasteiger partial charge on any atom is 0.322 e. The fourth-order valence-electron chi connectivity index (χ4n) is 2.16. The SMILES string of the molecule is CN(C(=O)NC1COCC1(C)C(=O)O)c1ccccc1F. The number of carbonyl (C=O) groups excluding carboxylic acids is 1. The molecule has 1 aromatic rings. The van der Waals surface area contributed by atoms with E-state index in [1.165, 1.54) is 32.2 Å². The van der Waals surface area contributed by atoms with Crippen molar-refractivity contribution in [3.63, 3.8) is 0 Å². The van der Waals surface area contributed by atoms with Gasteiger partial charge in [-0.1, -0.05) is 12.1 Å². The Morgan fingerprint density at radius 3 is 2.76 bits per heavy atom. The van der Waals surface area contributed by atoms with Crippen molar-refractivity contribution in [3.05, 3.63) is 30.1 Å². The molecule has 1 aromatic carbocycles. The molecule has 114 valence electrons. The molecule has 0 radical (unpaired) electrons. The summed E-state index contributed by atoms with van der Waals surface area (Å²) in [5.41, 5.74) is -1.07. The number of benzene rings is 1. The molecule has 0 spiro atoms. The van der Waals surface area contributed by atoms with Gasteiger partial charge in [-0.3, -0.25) is 9.69 Å². The molecule has 0 saturated carbocycles. The first-order chi connectivity index (χ1) is 9.86. The van der Waals surface area contributed by atoms with Gasteiger partial charge in [0.25, 0.3) is 0 Å². The van der Waals surface area contributed by atoms with Crippen LogP contribution in [-0.2, 0) is 9.53 Å². The summed E-state index contributed by atoms with van der Waals surface area (Å²) in [4.78, 5) is 24.6. The van der Waals surface area contributed by atoms with E-state index < -0.39 is 29.3 Å². The van der Waals surface area contributed by atoms with E-state index in [4.69, 9.17) is 4.74 Å². The van der Waals surface area contributed by atoms with Crippen LogP contribution in [0.5, 0.6) is 0 Å². The Morgan fingerprint density at radius 1 is 1.48 bits per heavy atom. The number of carboxylic acid groups (broad SMARTS) is 1. The topological polar surface area (TPSA) is 78.9 Å². The summed E-state index contributed by atoms with van der Waals surface area (Å²) in [5.74, 6) is -1.57. The van der Waals surface area contributed by atoms with Crippen LogP contribution in [-0.4, -0.2) is 43.4 Å². The van der Waals surface area contributed by atoms with Gasteiger partial charge in [0.15, 0.2) is 0 Å². The Bertz CT molecular complexity index is 566. The highest BCUT2D eigenvalue weighted by Crippen LogP contribution is 2.29. The van der Waals surface area contributed by atoms with Gasteiger partial charge in [0.05, 0.1) is 24.9 Å². The Labute approximate surface area is 121 Å². The standard InChI is InChI=1S/C14H17FN2O4/c1-14(12(18)19)8-21-7-11(14)16-13(20)17(2)10-6-4-3-5-9(10)15/h3-6,11H,7-8H2,1-2H3,(H,16,20)(H,18,19). The Balaban J connectivity index is 2.11. The van der Waals surface area contributed by atoms with Crippen molar-refractivity contribution in [3.8, 4) is 0 Å². The second-order valence-electron chi connectivity index (χ2n) is 5.25. The summed E-state index contributed by atoms with van der Waals surface area (Å²) in [5, 5.41) is 11.8. The molecule has 2 amide bonds. The first kappa shape index (κ1) is 15.2. The Hall–Kier alpha value is -2.15. The largest absolute Gasteiger partial charge is 0.481 e. The Morgan fingerprint density at radius 2 is 2.14 bits per heavy atom. The molecule has 0 aliphatic carbocycles. The molecular weight excluding hydrogens is 279 g/mol. The number of anilines is 1. The first-order valence-corrected chi connectivity index (χ1v) is 6.46. The van der Waals surface area contributed by atoms with Gasteiger partial charge in [-0.25, -0.2) is 9.18 Å². The molecule has 2 N–H and O–H groups in total. The van der Waals surface area contributed by atoms with Crippen LogP contribution in [0.1, 0.15) is 6.92 Å². The van der Waals surface area contributed by atoms with Gasteiger partial charge >= 0.3 is 12.0 Å². The lowest BCUT2D eigenvalue weighted by atomic mass is 9.85. The average Bonchev–Trinajstić information content (AvgIpc) is 2.81. The van der Waals surface area contributed by atoms with Crippen LogP contribution in [0.15, 0.2) is 24.3 Å². The number of urea groups is 1. The molecule has 2 unspecified atom stereocenters. The first-order valence-electron chi connectivity index (χ1n) is 6.46. The van der Waals surface area contributed by atoms with Crippen LogP contribution in [0.25, 0.3) is 0 Å². The zero-order chi connectivity index (χ0) is 15.6. The summed E-state index contributed by atoms with van der Waals surface area (Å²) in [6.45, 7) is 1.65. The maximum absolute atomic E-state index is 13.7. The summed E-state index contributed by atoms with van der Waals surface area (Å²) in [7, 11) is 1.42. The van der Waals surface area contributed by atoms with E-state index >= 15 is 0 Å². The predicted molar refractivity (Wildman–Crippen MR) is 73.7 cm³/mol. The lowest BCUT2D eigenvalue weighted by Crippen LogP contribution is -2.52. The minimum atomic E-state index is -1.19. The van der Waals surface area contributed by atoms with Crippen molar-refractivity contribution in [1.82, 2.24) is 5.32 Å². The van der Waals surface area contributed by atoms with Crippen LogP contribution >= 0.6 is 0 Å². The van der Waals surface area contributed by atoms with Crippen LogP contribution in [0, 0.1) is 11.2 Å². The van der Waals surface area contributed by atoms with Crippen molar-refractivity contribution in [2.24, 2.45) is 5.41 Å². The minimum absolute atomic E-state index is 0.0245. The molecule has 1 fully saturated rings. The average molecular weight is 296 g/mol. The van der Waals surface area contributed by atoms with E-state index in [1.807, 2.05) is 0 Å². The molecule has 6 nitrogen and oxygen atoms in total. The second-order valence-corrected chi connectivity index (χ2v) is 5.25. The number of nitrogens with zero attached hydrogens (tertiary/aromatic N) is 1. The minimum Gasteiger partial charge on any atom is -0.481 e. The number of ether oxygens (including phenoxy) is 1. The molecule has 7 heteroatoms. The number of carboxylic acids is 1. The quantitative estimate of drug-likeness (QED) is 0.885. The number of aliphatic carboxylic acids is 1. The van der Waals surface area contributed by atoms with Crippen molar-refractivity contribution in [1.29, 1.82) is 0 Å². The van der Waals surface area contributed by atoms with Crippen molar-refractivity contribution < 1.29 is 23.8 Å². The van der Waals surface area contributed by atoms with Crippen molar-refractivity contribution in [2.45, 2.75) is 13.0 Å². The lowest BCUT2D eigenvalue weighted by Gasteiger charge is -2.28. The van der Waals surface area contributed by atoms with Crippen molar-refractivity contribution in [2.75, 3.05) is 25.2 Å². The number of nitrogens with one attached hydrogen (secondary N) is 1. The zero-order valence-electron chi connectivity index (χ0n) is 11.8. The van der Waals surface area contributed by atoms with Crippen LogP contribution in [0.3, 0.4) is 0 Å². The summed E-state index contributed by atoms with van der Waals surface area (Å²) >= 11 is 0. The lowest BCUT2D eigenvalue weighted by molar-refractivity contribution is -0.148. The summed E-state index contributed by atoms with van der Waals surface area (Å²) in [6, 6.07) is 4.61. The molecule has 1 aliphatic heterocycles. The van der Waals surface area contributed by atoms with E-state index in [-0.39, 0.29) is 18.9 Å². The number of hydrogen-bond donors (Lipinski definition) is 2. The van der Waals surface area contributed by atoms with Crippen LogP contribution < -0.4 is 10.2 Å². The fourth-order valence-corrected chi connectivity index (χ4v) is 2.16. The normalized spacial score (nSPS) is 24.6. The molecule has 1 saturated heterocycles. The molecule has 2 rings (SSSR count). The van der Waals surface area contributed by atoms with Gasteiger partial charge in [-0.15, -0.1) is 0 Å². The summed E-state index contributed by atoms with van der Waals surface area (Å²) < 4.78 is 18.8. The molecule has 1 aliphatic rings. The number of amides is 2. The van der Waals surface area contributed by atoms with E-state index in [1.54, 1.807) is 6.07 Å². The van der Waals surface area contributed by atoms with Crippen LogP contribution in [0.4, 0.5) is 14.9 Å². The second kappa shape index (κ2) is 5.69. The number of para-hydroxylation sites is 1. The fraction of sp³-hybridized carbons (Fsp3) is 0.429. The number of rotatable bonds is 3. The molecule has 0 aromatic heterocycles. The number of carbonyl (C=O) groups is 2. The molecule has 2 atom stereocenters. The van der Waals surface area contributed by atoms with E-state index in [2.05, 4.69) is 5.32 Å². The predicted octanol–water partition coefficient (Wildman–Crippen LogP) is 1.46. The van der Waals surface area contributed by atoms with Gasteiger partial charge < -0.3 is 15.2 Å². The maximum atomic E-state index is 13.7. The molecule has 0 bridgehead atoms. The van der Waals surface area contributed by atoms with Crippen LogP contribution in [0.2, 0.25) is 0 Å². The summed E-state index contributed by atoms with van der Waals surface area (Å²) in [6.07, 6.45) is 0. The molecule has 21 heavy (non-hydrogen) atoms. The van der Waals surface area contributed by atoms with Gasteiger partial charge in [0.2, 0.25) is 0 Å². The molecule has 1 heterocycles. The highest BCUT2D eigenvalue weighted by Gasteiger charge is 2.47. The smallest absolute Gasteiger partial charge is 0.322 e. The monoisotopic (exact) mass is 296 g/mol. The third-order valence-electron chi connectivity index (χ3n) is 3.76. The highest BCUT2D eigenvalue weighted by molar-refractivity contribution is 5.92.